The Morgan fingerprint density at radius 3 is 2.52 bits per heavy atom. The first kappa shape index (κ1) is 17.3. The quantitative estimate of drug-likeness (QED) is 0.927. The summed E-state index contributed by atoms with van der Waals surface area (Å²) in [6.07, 6.45) is -4.02. The number of benzene rings is 1. The highest BCUT2D eigenvalue weighted by molar-refractivity contribution is 5.84. The van der Waals surface area contributed by atoms with E-state index in [1.807, 2.05) is 37.3 Å². The molecule has 1 aliphatic rings. The van der Waals surface area contributed by atoms with E-state index in [-0.39, 0.29) is 25.0 Å². The Morgan fingerprint density at radius 1 is 1.26 bits per heavy atom. The topological polar surface area (TPSA) is 49.4 Å². The Labute approximate surface area is 132 Å². The minimum atomic E-state index is -4.89. The lowest BCUT2D eigenvalue weighted by molar-refractivity contribution is -0.187. The zero-order valence-corrected chi connectivity index (χ0v) is 12.8. The summed E-state index contributed by atoms with van der Waals surface area (Å²) in [4.78, 5) is 24.3. The normalized spacial score (nSPS) is 20.0. The van der Waals surface area contributed by atoms with Crippen molar-refractivity contribution >= 4 is 11.8 Å². The smallest absolute Gasteiger partial charge is 0.349 e. The number of likely N-dealkylation sites (tertiary alicyclic amines) is 1. The first-order valence-electron chi connectivity index (χ1n) is 7.50. The summed E-state index contributed by atoms with van der Waals surface area (Å²) in [5, 5.41) is 2.81. The van der Waals surface area contributed by atoms with Crippen LogP contribution in [0.15, 0.2) is 30.3 Å². The van der Waals surface area contributed by atoms with E-state index in [1.54, 1.807) is 0 Å². The maximum Gasteiger partial charge on any atom is 0.471 e. The first-order valence-corrected chi connectivity index (χ1v) is 7.50. The minimum absolute atomic E-state index is 0.0381. The van der Waals surface area contributed by atoms with Crippen LogP contribution < -0.4 is 5.32 Å². The lowest BCUT2D eigenvalue weighted by atomic mass is 9.96. The third kappa shape index (κ3) is 4.46. The van der Waals surface area contributed by atoms with E-state index in [4.69, 9.17) is 0 Å². The third-order valence-corrected chi connectivity index (χ3v) is 3.98. The first-order chi connectivity index (χ1) is 10.8. The third-order valence-electron chi connectivity index (χ3n) is 3.98. The van der Waals surface area contributed by atoms with Crippen LogP contribution in [0.4, 0.5) is 13.2 Å². The average Bonchev–Trinajstić information content (AvgIpc) is 2.54. The maximum atomic E-state index is 12.5. The Balaban J connectivity index is 1.96. The molecule has 0 radical (unpaired) electrons. The molecule has 7 heteroatoms. The van der Waals surface area contributed by atoms with Gasteiger partial charge in [0.25, 0.3) is 0 Å². The number of piperidine rings is 1. The summed E-state index contributed by atoms with van der Waals surface area (Å²) in [5.41, 5.74) is 0.917. The second kappa shape index (κ2) is 7.02. The Bertz CT molecular complexity index is 560. The molecule has 2 atom stereocenters. The van der Waals surface area contributed by atoms with E-state index >= 15 is 0 Å². The molecule has 2 amide bonds. The van der Waals surface area contributed by atoms with E-state index in [2.05, 4.69) is 5.32 Å². The van der Waals surface area contributed by atoms with Gasteiger partial charge < -0.3 is 10.2 Å². The molecule has 1 aromatic rings. The van der Waals surface area contributed by atoms with E-state index < -0.39 is 18.0 Å². The Hall–Kier alpha value is -2.05. The van der Waals surface area contributed by atoms with Gasteiger partial charge in [0, 0.05) is 13.1 Å². The summed E-state index contributed by atoms with van der Waals surface area (Å²) in [6, 6.07) is 9.05. The van der Waals surface area contributed by atoms with Gasteiger partial charge in [0.15, 0.2) is 0 Å². The van der Waals surface area contributed by atoms with Crippen LogP contribution in [0.25, 0.3) is 0 Å². The van der Waals surface area contributed by atoms with Crippen molar-refractivity contribution in [3.8, 4) is 0 Å². The summed E-state index contributed by atoms with van der Waals surface area (Å²) >= 11 is 0. The Morgan fingerprint density at radius 2 is 1.91 bits per heavy atom. The molecule has 2 unspecified atom stereocenters. The summed E-state index contributed by atoms with van der Waals surface area (Å²) < 4.78 is 37.5. The van der Waals surface area contributed by atoms with E-state index in [0.717, 1.165) is 10.5 Å². The second-order valence-electron chi connectivity index (χ2n) is 5.73. The molecule has 1 fully saturated rings. The second-order valence-corrected chi connectivity index (χ2v) is 5.73. The van der Waals surface area contributed by atoms with Crippen LogP contribution in [0, 0.1) is 5.92 Å². The van der Waals surface area contributed by atoms with Gasteiger partial charge in [-0.25, -0.2) is 0 Å². The van der Waals surface area contributed by atoms with Gasteiger partial charge in [0.2, 0.25) is 5.91 Å². The molecule has 1 aliphatic heterocycles. The SMILES string of the molecule is CC(NC(=O)C1CCCN(C(=O)C(F)(F)F)C1)c1ccccc1. The molecule has 1 saturated heterocycles. The van der Waals surface area contributed by atoms with Crippen molar-refractivity contribution in [2.24, 2.45) is 5.92 Å². The molecule has 0 aliphatic carbocycles. The lowest BCUT2D eigenvalue weighted by Gasteiger charge is -2.33. The molecule has 1 aromatic carbocycles. The number of alkyl halides is 3. The molecule has 4 nitrogen and oxygen atoms in total. The van der Waals surface area contributed by atoms with E-state index in [1.165, 1.54) is 0 Å². The van der Waals surface area contributed by atoms with Crippen LogP contribution in [0.1, 0.15) is 31.4 Å². The van der Waals surface area contributed by atoms with Gasteiger partial charge in [0.05, 0.1) is 12.0 Å². The number of carbonyl (C=O) groups is 2. The number of halogens is 3. The van der Waals surface area contributed by atoms with E-state index in [9.17, 15) is 22.8 Å². The molecule has 2 rings (SSSR count). The largest absolute Gasteiger partial charge is 0.471 e. The van der Waals surface area contributed by atoms with Crippen LogP contribution in [0.3, 0.4) is 0 Å². The van der Waals surface area contributed by atoms with Gasteiger partial charge in [-0.1, -0.05) is 30.3 Å². The molecule has 126 valence electrons. The summed E-state index contributed by atoms with van der Waals surface area (Å²) in [7, 11) is 0. The van der Waals surface area contributed by atoms with Crippen molar-refractivity contribution in [2.45, 2.75) is 32.0 Å². The number of amides is 2. The van der Waals surface area contributed by atoms with Crippen LogP contribution in [0.2, 0.25) is 0 Å². The van der Waals surface area contributed by atoms with Gasteiger partial charge >= 0.3 is 12.1 Å². The van der Waals surface area contributed by atoms with Gasteiger partial charge in [-0.15, -0.1) is 0 Å². The van der Waals surface area contributed by atoms with Crippen molar-refractivity contribution in [3.63, 3.8) is 0 Å². The van der Waals surface area contributed by atoms with Crippen LogP contribution in [0.5, 0.6) is 0 Å². The Kier molecular flexibility index (Phi) is 5.28. The van der Waals surface area contributed by atoms with Crippen molar-refractivity contribution < 1.29 is 22.8 Å². The predicted molar refractivity (Wildman–Crippen MR) is 78.4 cm³/mol. The van der Waals surface area contributed by atoms with Gasteiger partial charge in [-0.05, 0) is 25.3 Å². The minimum Gasteiger partial charge on any atom is -0.349 e. The van der Waals surface area contributed by atoms with Crippen molar-refractivity contribution in [1.29, 1.82) is 0 Å². The predicted octanol–water partition coefficient (Wildman–Crippen LogP) is 2.66. The number of carbonyl (C=O) groups excluding carboxylic acids is 2. The van der Waals surface area contributed by atoms with Crippen LogP contribution in [-0.4, -0.2) is 36.0 Å². The number of hydrogen-bond acceptors (Lipinski definition) is 2. The van der Waals surface area contributed by atoms with Crippen molar-refractivity contribution in [3.05, 3.63) is 35.9 Å². The van der Waals surface area contributed by atoms with Crippen LogP contribution in [-0.2, 0) is 9.59 Å². The van der Waals surface area contributed by atoms with Gasteiger partial charge in [-0.3, -0.25) is 9.59 Å². The molecule has 0 aromatic heterocycles. The highest BCUT2D eigenvalue weighted by Gasteiger charge is 2.44. The maximum absolute atomic E-state index is 12.5. The highest BCUT2D eigenvalue weighted by Crippen LogP contribution is 2.24. The fourth-order valence-corrected chi connectivity index (χ4v) is 2.71. The average molecular weight is 328 g/mol. The molecule has 1 heterocycles. The molecule has 23 heavy (non-hydrogen) atoms. The number of hydrogen-bond donors (Lipinski definition) is 1. The fourth-order valence-electron chi connectivity index (χ4n) is 2.71. The van der Waals surface area contributed by atoms with Crippen LogP contribution >= 0.6 is 0 Å². The molecular formula is C16H19F3N2O2. The lowest BCUT2D eigenvalue weighted by Crippen LogP contribution is -2.49. The molecule has 0 spiro atoms. The molecule has 0 saturated carbocycles. The zero-order chi connectivity index (χ0) is 17.0. The van der Waals surface area contributed by atoms with Gasteiger partial charge in [-0.2, -0.15) is 13.2 Å². The van der Waals surface area contributed by atoms with Gasteiger partial charge in [0.1, 0.15) is 0 Å². The summed E-state index contributed by atoms with van der Waals surface area (Å²) in [6.45, 7) is 1.66. The number of rotatable bonds is 3. The van der Waals surface area contributed by atoms with E-state index in [0.29, 0.717) is 12.8 Å². The fraction of sp³-hybridized carbons (Fsp3) is 0.500. The summed E-state index contributed by atoms with van der Waals surface area (Å²) in [5.74, 6) is -2.80. The highest BCUT2D eigenvalue weighted by atomic mass is 19.4. The monoisotopic (exact) mass is 328 g/mol. The molecule has 1 N–H and O–H groups in total. The van der Waals surface area contributed by atoms with Crippen molar-refractivity contribution in [1.82, 2.24) is 10.2 Å². The standard InChI is InChI=1S/C16H19F3N2O2/c1-11(12-6-3-2-4-7-12)20-14(22)13-8-5-9-21(10-13)15(23)16(17,18)19/h2-4,6-7,11,13H,5,8-10H2,1H3,(H,20,22). The molecule has 0 bridgehead atoms. The number of nitrogens with zero attached hydrogens (tertiary/aromatic N) is 1. The zero-order valence-electron chi connectivity index (χ0n) is 12.8. The van der Waals surface area contributed by atoms with Crippen molar-refractivity contribution in [2.75, 3.05) is 13.1 Å². The molecular weight excluding hydrogens is 309 g/mol. The number of nitrogens with one attached hydrogen (secondary N) is 1.